The van der Waals surface area contributed by atoms with Gasteiger partial charge in [-0.25, -0.2) is 0 Å². The van der Waals surface area contributed by atoms with Gasteiger partial charge < -0.3 is 10.4 Å². The van der Waals surface area contributed by atoms with E-state index in [9.17, 15) is 5.11 Å². The quantitative estimate of drug-likeness (QED) is 0.550. The summed E-state index contributed by atoms with van der Waals surface area (Å²) in [5, 5.41) is 12.7. The van der Waals surface area contributed by atoms with Crippen LogP contribution in [0.1, 0.15) is 12.8 Å². The SMILES string of the molecule is C=CC[C@@H]1CNCC[C@@H]1O. The van der Waals surface area contributed by atoms with E-state index in [1.165, 1.54) is 0 Å². The molecule has 2 N–H and O–H groups in total. The van der Waals surface area contributed by atoms with Crippen molar-refractivity contribution in [1.82, 2.24) is 5.32 Å². The van der Waals surface area contributed by atoms with Gasteiger partial charge in [0.1, 0.15) is 0 Å². The smallest absolute Gasteiger partial charge is 0.0595 e. The number of aliphatic hydroxyl groups excluding tert-OH is 1. The number of rotatable bonds is 2. The van der Waals surface area contributed by atoms with Gasteiger partial charge in [0, 0.05) is 12.5 Å². The lowest BCUT2D eigenvalue weighted by atomic mass is 9.93. The van der Waals surface area contributed by atoms with Crippen molar-refractivity contribution in [1.29, 1.82) is 0 Å². The molecule has 0 aromatic carbocycles. The first-order chi connectivity index (χ1) is 4.84. The van der Waals surface area contributed by atoms with Gasteiger partial charge in [-0.3, -0.25) is 0 Å². The molecule has 0 aromatic rings. The second-order valence-corrected chi connectivity index (χ2v) is 2.84. The average molecular weight is 141 g/mol. The maximum Gasteiger partial charge on any atom is 0.0595 e. The highest BCUT2D eigenvalue weighted by Crippen LogP contribution is 2.14. The molecule has 1 aliphatic heterocycles. The van der Waals surface area contributed by atoms with Gasteiger partial charge in [0.2, 0.25) is 0 Å². The zero-order valence-electron chi connectivity index (χ0n) is 6.21. The monoisotopic (exact) mass is 141 g/mol. The third kappa shape index (κ3) is 1.82. The van der Waals surface area contributed by atoms with Crippen LogP contribution in [0, 0.1) is 5.92 Å². The first-order valence-corrected chi connectivity index (χ1v) is 3.84. The van der Waals surface area contributed by atoms with Crippen molar-refractivity contribution < 1.29 is 5.11 Å². The largest absolute Gasteiger partial charge is 0.393 e. The molecule has 0 saturated carbocycles. The Balaban J connectivity index is 2.32. The minimum Gasteiger partial charge on any atom is -0.393 e. The molecule has 0 unspecified atom stereocenters. The van der Waals surface area contributed by atoms with Crippen molar-refractivity contribution in [3.63, 3.8) is 0 Å². The predicted octanol–water partition coefficient (Wildman–Crippen LogP) is 0.533. The Bertz CT molecular complexity index is 114. The molecule has 0 aromatic heterocycles. The van der Waals surface area contributed by atoms with Gasteiger partial charge in [0.05, 0.1) is 6.10 Å². The van der Waals surface area contributed by atoms with E-state index < -0.39 is 0 Å². The summed E-state index contributed by atoms with van der Waals surface area (Å²) in [7, 11) is 0. The van der Waals surface area contributed by atoms with Crippen LogP contribution < -0.4 is 5.32 Å². The van der Waals surface area contributed by atoms with Gasteiger partial charge in [-0.1, -0.05) is 6.08 Å². The van der Waals surface area contributed by atoms with Crippen molar-refractivity contribution in [3.05, 3.63) is 12.7 Å². The Labute approximate surface area is 61.9 Å². The Morgan fingerprint density at radius 1 is 1.70 bits per heavy atom. The van der Waals surface area contributed by atoms with Gasteiger partial charge in [0.15, 0.2) is 0 Å². The molecular formula is C8H15NO. The summed E-state index contributed by atoms with van der Waals surface area (Å²) in [6, 6.07) is 0. The second-order valence-electron chi connectivity index (χ2n) is 2.84. The van der Waals surface area contributed by atoms with Crippen molar-refractivity contribution in [2.45, 2.75) is 18.9 Å². The molecule has 0 radical (unpaired) electrons. The highest BCUT2D eigenvalue weighted by Gasteiger charge is 2.20. The molecule has 1 rings (SSSR count). The van der Waals surface area contributed by atoms with E-state index in [1.54, 1.807) is 0 Å². The lowest BCUT2D eigenvalue weighted by Crippen LogP contribution is -2.39. The van der Waals surface area contributed by atoms with Crippen molar-refractivity contribution in [3.8, 4) is 0 Å². The molecule has 1 aliphatic rings. The fraction of sp³-hybridized carbons (Fsp3) is 0.750. The number of piperidine rings is 1. The van der Waals surface area contributed by atoms with Crippen molar-refractivity contribution in [2.75, 3.05) is 13.1 Å². The standard InChI is InChI=1S/C8H15NO/c1-2-3-7-6-9-5-4-8(7)10/h2,7-10H,1,3-6H2/t7-,8+/m1/s1. The van der Waals surface area contributed by atoms with E-state index in [2.05, 4.69) is 11.9 Å². The first-order valence-electron chi connectivity index (χ1n) is 3.84. The van der Waals surface area contributed by atoms with Crippen LogP contribution in [0.2, 0.25) is 0 Å². The van der Waals surface area contributed by atoms with Crippen LogP contribution in [0.5, 0.6) is 0 Å². The Morgan fingerprint density at radius 2 is 2.50 bits per heavy atom. The Morgan fingerprint density at radius 3 is 3.10 bits per heavy atom. The van der Waals surface area contributed by atoms with Crippen LogP contribution in [0.25, 0.3) is 0 Å². The lowest BCUT2D eigenvalue weighted by molar-refractivity contribution is 0.0805. The highest BCUT2D eigenvalue weighted by atomic mass is 16.3. The fourth-order valence-corrected chi connectivity index (χ4v) is 1.36. The first kappa shape index (κ1) is 7.76. The molecule has 0 bridgehead atoms. The maximum absolute atomic E-state index is 9.41. The summed E-state index contributed by atoms with van der Waals surface area (Å²) in [6.45, 7) is 5.54. The third-order valence-electron chi connectivity index (χ3n) is 2.04. The molecule has 10 heavy (non-hydrogen) atoms. The molecule has 2 atom stereocenters. The Kier molecular flexibility index (Phi) is 2.90. The lowest BCUT2D eigenvalue weighted by Gasteiger charge is -2.27. The van der Waals surface area contributed by atoms with E-state index in [4.69, 9.17) is 0 Å². The van der Waals surface area contributed by atoms with Crippen LogP contribution in [0.3, 0.4) is 0 Å². The highest BCUT2D eigenvalue weighted by molar-refractivity contribution is 4.82. The van der Waals surface area contributed by atoms with E-state index in [1.807, 2.05) is 6.08 Å². The molecule has 1 saturated heterocycles. The third-order valence-corrected chi connectivity index (χ3v) is 2.04. The maximum atomic E-state index is 9.41. The molecular weight excluding hydrogens is 126 g/mol. The molecule has 2 heteroatoms. The molecule has 2 nitrogen and oxygen atoms in total. The van der Waals surface area contributed by atoms with Crippen molar-refractivity contribution >= 4 is 0 Å². The van der Waals surface area contributed by atoms with Gasteiger partial charge in [-0.2, -0.15) is 0 Å². The topological polar surface area (TPSA) is 32.3 Å². The molecule has 1 heterocycles. The van der Waals surface area contributed by atoms with E-state index >= 15 is 0 Å². The zero-order valence-corrected chi connectivity index (χ0v) is 6.21. The number of aliphatic hydroxyl groups is 1. The molecule has 0 spiro atoms. The second kappa shape index (κ2) is 3.74. The Hall–Kier alpha value is -0.340. The zero-order chi connectivity index (χ0) is 7.40. The van der Waals surface area contributed by atoms with E-state index in [0.29, 0.717) is 5.92 Å². The number of hydrogen-bond acceptors (Lipinski definition) is 2. The number of allylic oxidation sites excluding steroid dienone is 1. The van der Waals surface area contributed by atoms with Crippen LogP contribution >= 0.6 is 0 Å². The minimum absolute atomic E-state index is 0.112. The van der Waals surface area contributed by atoms with E-state index in [-0.39, 0.29) is 6.10 Å². The predicted molar refractivity (Wildman–Crippen MR) is 41.8 cm³/mol. The summed E-state index contributed by atoms with van der Waals surface area (Å²) < 4.78 is 0. The average Bonchev–Trinajstić information content (AvgIpc) is 1.94. The summed E-state index contributed by atoms with van der Waals surface area (Å²) >= 11 is 0. The van der Waals surface area contributed by atoms with Crippen LogP contribution in [-0.4, -0.2) is 24.3 Å². The summed E-state index contributed by atoms with van der Waals surface area (Å²) in [5.74, 6) is 0.395. The number of nitrogens with one attached hydrogen (secondary N) is 1. The van der Waals surface area contributed by atoms with Gasteiger partial charge in [-0.05, 0) is 19.4 Å². The minimum atomic E-state index is -0.112. The molecule has 58 valence electrons. The van der Waals surface area contributed by atoms with Crippen LogP contribution in [0.15, 0.2) is 12.7 Å². The fourth-order valence-electron chi connectivity index (χ4n) is 1.36. The van der Waals surface area contributed by atoms with E-state index in [0.717, 1.165) is 25.9 Å². The van der Waals surface area contributed by atoms with Gasteiger partial charge >= 0.3 is 0 Å². The van der Waals surface area contributed by atoms with Crippen molar-refractivity contribution in [2.24, 2.45) is 5.92 Å². The normalized spacial score (nSPS) is 33.7. The van der Waals surface area contributed by atoms with Crippen LogP contribution in [0.4, 0.5) is 0 Å². The summed E-state index contributed by atoms with van der Waals surface area (Å²) in [5.41, 5.74) is 0. The van der Waals surface area contributed by atoms with Gasteiger partial charge in [0.25, 0.3) is 0 Å². The summed E-state index contributed by atoms with van der Waals surface area (Å²) in [6.07, 6.45) is 3.58. The molecule has 0 aliphatic carbocycles. The van der Waals surface area contributed by atoms with Crippen LogP contribution in [-0.2, 0) is 0 Å². The number of hydrogen-bond donors (Lipinski definition) is 2. The molecule has 1 fully saturated rings. The van der Waals surface area contributed by atoms with Gasteiger partial charge in [-0.15, -0.1) is 6.58 Å². The summed E-state index contributed by atoms with van der Waals surface area (Å²) in [4.78, 5) is 0. The molecule has 0 amide bonds.